The fourth-order valence-corrected chi connectivity index (χ4v) is 1.81. The van der Waals surface area contributed by atoms with Gasteiger partial charge in [0, 0.05) is 0 Å². The van der Waals surface area contributed by atoms with Gasteiger partial charge in [0.1, 0.15) is 5.75 Å². The second-order valence-corrected chi connectivity index (χ2v) is 5.06. The minimum Gasteiger partial charge on any atom is -0.497 e. The average molecular weight is 235 g/mol. The maximum absolute atomic E-state index is 5.16. The highest BCUT2D eigenvalue weighted by atomic mass is 16.5. The van der Waals surface area contributed by atoms with Crippen LogP contribution in [0.3, 0.4) is 0 Å². The van der Waals surface area contributed by atoms with Gasteiger partial charge in [-0.15, -0.1) is 0 Å². The molecule has 1 aromatic rings. The Morgan fingerprint density at radius 1 is 1.12 bits per heavy atom. The van der Waals surface area contributed by atoms with Crippen LogP contribution in [-0.4, -0.2) is 20.2 Å². The Kier molecular flexibility index (Phi) is 6.06. The zero-order valence-electron chi connectivity index (χ0n) is 11.5. The van der Waals surface area contributed by atoms with Crippen molar-refractivity contribution in [3.8, 4) is 5.75 Å². The van der Waals surface area contributed by atoms with Gasteiger partial charge in [0.05, 0.1) is 7.11 Å². The smallest absolute Gasteiger partial charge is 0.118 e. The van der Waals surface area contributed by atoms with Crippen LogP contribution in [0.2, 0.25) is 0 Å². The van der Waals surface area contributed by atoms with Gasteiger partial charge in [-0.1, -0.05) is 32.9 Å². The summed E-state index contributed by atoms with van der Waals surface area (Å²) in [6, 6.07) is 8.39. The van der Waals surface area contributed by atoms with Gasteiger partial charge in [-0.2, -0.15) is 0 Å². The molecule has 0 aromatic heterocycles. The summed E-state index contributed by atoms with van der Waals surface area (Å²) in [7, 11) is 1.70. The average Bonchev–Trinajstić information content (AvgIpc) is 2.34. The summed E-state index contributed by atoms with van der Waals surface area (Å²) in [6.07, 6.45) is 1.18. The van der Waals surface area contributed by atoms with Crippen LogP contribution in [0.25, 0.3) is 0 Å². The van der Waals surface area contributed by atoms with Crippen molar-refractivity contribution in [2.75, 3.05) is 20.2 Å². The van der Waals surface area contributed by atoms with Crippen LogP contribution in [0.15, 0.2) is 24.3 Å². The lowest BCUT2D eigenvalue weighted by molar-refractivity contribution is 0.414. The molecule has 0 spiro atoms. The normalized spacial score (nSPS) is 12.8. The molecular weight excluding hydrogens is 210 g/mol. The quantitative estimate of drug-likeness (QED) is 0.731. The molecule has 2 nitrogen and oxygen atoms in total. The van der Waals surface area contributed by atoms with Gasteiger partial charge < -0.3 is 10.1 Å². The first-order valence-corrected chi connectivity index (χ1v) is 6.48. The van der Waals surface area contributed by atoms with Crippen LogP contribution >= 0.6 is 0 Å². The molecule has 0 aliphatic heterocycles. The van der Waals surface area contributed by atoms with Gasteiger partial charge in [0.15, 0.2) is 0 Å². The molecule has 0 fully saturated rings. The Bertz CT molecular complexity index is 305. The molecule has 1 atom stereocenters. The largest absolute Gasteiger partial charge is 0.497 e. The third-order valence-corrected chi connectivity index (χ3v) is 2.99. The second kappa shape index (κ2) is 7.33. The lowest BCUT2D eigenvalue weighted by Gasteiger charge is -2.13. The summed E-state index contributed by atoms with van der Waals surface area (Å²) >= 11 is 0. The first-order valence-electron chi connectivity index (χ1n) is 6.48. The highest BCUT2D eigenvalue weighted by Crippen LogP contribution is 2.21. The van der Waals surface area contributed by atoms with Crippen LogP contribution in [0.4, 0.5) is 0 Å². The molecule has 0 heterocycles. The molecule has 17 heavy (non-hydrogen) atoms. The molecule has 0 radical (unpaired) electrons. The summed E-state index contributed by atoms with van der Waals surface area (Å²) in [4.78, 5) is 0. The predicted molar refractivity (Wildman–Crippen MR) is 73.7 cm³/mol. The van der Waals surface area contributed by atoms with E-state index in [0.717, 1.165) is 24.8 Å². The number of nitrogens with one attached hydrogen (secondary N) is 1. The SMILES string of the molecule is COc1ccc(C(C)CCNCC(C)C)cc1. The van der Waals surface area contributed by atoms with E-state index in [1.165, 1.54) is 12.0 Å². The monoisotopic (exact) mass is 235 g/mol. The van der Waals surface area contributed by atoms with E-state index in [-0.39, 0.29) is 0 Å². The van der Waals surface area contributed by atoms with Crippen molar-refractivity contribution >= 4 is 0 Å². The lowest BCUT2D eigenvalue weighted by Crippen LogP contribution is -2.21. The van der Waals surface area contributed by atoms with Crippen LogP contribution in [-0.2, 0) is 0 Å². The molecule has 1 rings (SSSR count). The molecular formula is C15H25NO. The maximum Gasteiger partial charge on any atom is 0.118 e. The Hall–Kier alpha value is -1.02. The Morgan fingerprint density at radius 3 is 2.29 bits per heavy atom. The van der Waals surface area contributed by atoms with Gasteiger partial charge in [-0.05, 0) is 49.0 Å². The van der Waals surface area contributed by atoms with Crippen LogP contribution in [0, 0.1) is 5.92 Å². The number of methoxy groups -OCH3 is 1. The molecule has 0 saturated heterocycles. The van der Waals surface area contributed by atoms with Gasteiger partial charge in [0.25, 0.3) is 0 Å². The molecule has 1 unspecified atom stereocenters. The predicted octanol–water partition coefficient (Wildman–Crippen LogP) is 3.43. The summed E-state index contributed by atoms with van der Waals surface area (Å²) in [6.45, 7) is 8.94. The molecule has 0 amide bonds. The van der Waals surface area contributed by atoms with E-state index in [9.17, 15) is 0 Å². The molecule has 0 aliphatic carbocycles. The number of hydrogen-bond acceptors (Lipinski definition) is 2. The highest BCUT2D eigenvalue weighted by molar-refractivity contribution is 5.29. The summed E-state index contributed by atoms with van der Waals surface area (Å²) < 4.78 is 5.16. The topological polar surface area (TPSA) is 21.3 Å². The molecule has 2 heteroatoms. The molecule has 1 N–H and O–H groups in total. The second-order valence-electron chi connectivity index (χ2n) is 5.06. The molecule has 1 aromatic carbocycles. The van der Waals surface area contributed by atoms with Crippen molar-refractivity contribution in [1.29, 1.82) is 0 Å². The lowest BCUT2D eigenvalue weighted by atomic mass is 9.98. The zero-order valence-corrected chi connectivity index (χ0v) is 11.5. The number of ether oxygens (including phenoxy) is 1. The molecule has 0 bridgehead atoms. The van der Waals surface area contributed by atoms with Crippen LogP contribution in [0.1, 0.15) is 38.7 Å². The van der Waals surface area contributed by atoms with Crippen molar-refractivity contribution in [3.05, 3.63) is 29.8 Å². The number of hydrogen-bond donors (Lipinski definition) is 1. The van der Waals surface area contributed by atoms with Crippen molar-refractivity contribution in [2.24, 2.45) is 5.92 Å². The standard InChI is InChI=1S/C15H25NO/c1-12(2)11-16-10-9-13(3)14-5-7-15(17-4)8-6-14/h5-8,12-13,16H,9-11H2,1-4H3. The molecule has 0 aliphatic rings. The van der Waals surface area contributed by atoms with E-state index in [4.69, 9.17) is 4.74 Å². The molecule has 96 valence electrons. The van der Waals surface area contributed by atoms with E-state index >= 15 is 0 Å². The number of rotatable bonds is 7. The van der Waals surface area contributed by atoms with Crippen molar-refractivity contribution in [1.82, 2.24) is 5.32 Å². The van der Waals surface area contributed by atoms with E-state index in [2.05, 4.69) is 38.2 Å². The zero-order chi connectivity index (χ0) is 12.7. The van der Waals surface area contributed by atoms with Crippen molar-refractivity contribution in [3.63, 3.8) is 0 Å². The summed E-state index contributed by atoms with van der Waals surface area (Å²) in [5.41, 5.74) is 1.39. The van der Waals surface area contributed by atoms with Crippen molar-refractivity contribution < 1.29 is 4.74 Å². The highest BCUT2D eigenvalue weighted by Gasteiger charge is 2.05. The first kappa shape index (κ1) is 14.0. The minimum absolute atomic E-state index is 0.598. The molecule has 0 saturated carbocycles. The van der Waals surface area contributed by atoms with E-state index in [1.54, 1.807) is 7.11 Å². The van der Waals surface area contributed by atoms with E-state index in [1.807, 2.05) is 12.1 Å². The van der Waals surface area contributed by atoms with Crippen molar-refractivity contribution in [2.45, 2.75) is 33.1 Å². The summed E-state index contributed by atoms with van der Waals surface area (Å²) in [5, 5.41) is 3.48. The minimum atomic E-state index is 0.598. The Morgan fingerprint density at radius 2 is 1.76 bits per heavy atom. The summed E-state index contributed by atoms with van der Waals surface area (Å²) in [5.74, 6) is 2.26. The third-order valence-electron chi connectivity index (χ3n) is 2.99. The van der Waals surface area contributed by atoms with Gasteiger partial charge in [-0.3, -0.25) is 0 Å². The van der Waals surface area contributed by atoms with Gasteiger partial charge in [-0.25, -0.2) is 0 Å². The fraction of sp³-hybridized carbons (Fsp3) is 0.600. The van der Waals surface area contributed by atoms with Crippen LogP contribution < -0.4 is 10.1 Å². The van der Waals surface area contributed by atoms with E-state index in [0.29, 0.717) is 5.92 Å². The first-order chi connectivity index (χ1) is 8.13. The van der Waals surface area contributed by atoms with E-state index < -0.39 is 0 Å². The van der Waals surface area contributed by atoms with Gasteiger partial charge in [0.2, 0.25) is 0 Å². The van der Waals surface area contributed by atoms with Crippen LogP contribution in [0.5, 0.6) is 5.75 Å². The third kappa shape index (κ3) is 5.22. The fourth-order valence-electron chi connectivity index (χ4n) is 1.81. The number of benzene rings is 1. The van der Waals surface area contributed by atoms with Gasteiger partial charge >= 0.3 is 0 Å². The maximum atomic E-state index is 5.16. The Balaban J connectivity index is 2.33. The Labute approximate surface area is 105 Å².